The van der Waals surface area contributed by atoms with Crippen molar-refractivity contribution in [2.24, 2.45) is 0 Å². The molecule has 1 aromatic carbocycles. The lowest BCUT2D eigenvalue weighted by Crippen LogP contribution is -2.35. The van der Waals surface area contributed by atoms with Gasteiger partial charge in [-0.1, -0.05) is 18.2 Å². The van der Waals surface area contributed by atoms with Gasteiger partial charge in [0.05, 0.1) is 0 Å². The molecule has 0 atom stereocenters. The predicted molar refractivity (Wildman–Crippen MR) is 87.2 cm³/mol. The van der Waals surface area contributed by atoms with Crippen LogP contribution >= 0.6 is 0 Å². The van der Waals surface area contributed by atoms with Gasteiger partial charge in [-0.2, -0.15) is 0 Å². The van der Waals surface area contributed by atoms with Crippen molar-refractivity contribution >= 4 is 5.91 Å². The third-order valence-electron chi connectivity index (χ3n) is 4.75. The standard InChI is InChI=1S/C18H23F3N2O2/c19-18(20,21)25-16-5-2-1-4-14(16)6-9-17(24)23-11-3-10-22(12-13-23)15-7-8-15/h1-2,4-5,15H,3,6-13H2. The Balaban J connectivity index is 1.53. The second kappa shape index (κ2) is 7.64. The lowest BCUT2D eigenvalue weighted by molar-refractivity contribution is -0.274. The highest BCUT2D eigenvalue weighted by atomic mass is 19.4. The normalized spacial score (nSPS) is 19.6. The molecule has 138 valence electrons. The average molecular weight is 356 g/mol. The highest BCUT2D eigenvalue weighted by molar-refractivity contribution is 5.76. The van der Waals surface area contributed by atoms with Crippen molar-refractivity contribution in [3.05, 3.63) is 29.8 Å². The maximum absolute atomic E-state index is 12.5. The number of aryl methyl sites for hydroxylation is 1. The minimum absolute atomic E-state index is 0.000501. The average Bonchev–Trinajstić information content (AvgIpc) is 3.38. The predicted octanol–water partition coefficient (Wildman–Crippen LogP) is 3.21. The van der Waals surface area contributed by atoms with Gasteiger partial charge < -0.3 is 9.64 Å². The second-order valence-corrected chi connectivity index (χ2v) is 6.66. The fourth-order valence-electron chi connectivity index (χ4n) is 3.33. The van der Waals surface area contributed by atoms with Crippen LogP contribution < -0.4 is 4.74 Å². The van der Waals surface area contributed by atoms with Crippen LogP contribution in [0.1, 0.15) is 31.2 Å². The van der Waals surface area contributed by atoms with E-state index in [4.69, 9.17) is 0 Å². The van der Waals surface area contributed by atoms with Crippen molar-refractivity contribution in [1.29, 1.82) is 0 Å². The first-order valence-electron chi connectivity index (χ1n) is 8.78. The van der Waals surface area contributed by atoms with Gasteiger partial charge in [-0.25, -0.2) is 0 Å². The summed E-state index contributed by atoms with van der Waals surface area (Å²) in [5.41, 5.74) is 0.405. The quantitative estimate of drug-likeness (QED) is 0.812. The van der Waals surface area contributed by atoms with E-state index >= 15 is 0 Å². The van der Waals surface area contributed by atoms with Crippen LogP contribution in [0.5, 0.6) is 5.75 Å². The number of hydrogen-bond acceptors (Lipinski definition) is 3. The fraction of sp³-hybridized carbons (Fsp3) is 0.611. The molecule has 4 nitrogen and oxygen atoms in total. The van der Waals surface area contributed by atoms with E-state index in [1.165, 1.54) is 25.0 Å². The summed E-state index contributed by atoms with van der Waals surface area (Å²) in [4.78, 5) is 16.7. The Morgan fingerprint density at radius 3 is 2.60 bits per heavy atom. The molecule has 1 heterocycles. The molecule has 0 spiro atoms. The first-order chi connectivity index (χ1) is 11.9. The van der Waals surface area contributed by atoms with E-state index in [1.54, 1.807) is 12.1 Å². The molecule has 2 aliphatic rings. The zero-order valence-corrected chi connectivity index (χ0v) is 14.1. The Labute approximate surface area is 145 Å². The van der Waals surface area contributed by atoms with Crippen molar-refractivity contribution in [2.75, 3.05) is 26.2 Å². The largest absolute Gasteiger partial charge is 0.573 e. The van der Waals surface area contributed by atoms with Crippen molar-refractivity contribution in [2.45, 2.75) is 44.5 Å². The number of carbonyl (C=O) groups excluding carboxylic acids is 1. The maximum atomic E-state index is 12.5. The van der Waals surface area contributed by atoms with Gasteiger partial charge >= 0.3 is 6.36 Å². The lowest BCUT2D eigenvalue weighted by Gasteiger charge is -2.22. The van der Waals surface area contributed by atoms with Crippen LogP contribution in [0.4, 0.5) is 13.2 Å². The summed E-state index contributed by atoms with van der Waals surface area (Å²) < 4.78 is 41.4. The summed E-state index contributed by atoms with van der Waals surface area (Å²) in [6.45, 7) is 3.35. The molecular weight excluding hydrogens is 333 g/mol. The van der Waals surface area contributed by atoms with Gasteiger partial charge in [-0.15, -0.1) is 13.2 Å². The van der Waals surface area contributed by atoms with Crippen LogP contribution in [0.3, 0.4) is 0 Å². The number of nitrogens with zero attached hydrogens (tertiary/aromatic N) is 2. The first kappa shape index (κ1) is 18.0. The minimum atomic E-state index is -4.73. The summed E-state index contributed by atoms with van der Waals surface area (Å²) >= 11 is 0. The van der Waals surface area contributed by atoms with E-state index in [9.17, 15) is 18.0 Å². The Morgan fingerprint density at radius 2 is 1.88 bits per heavy atom. The molecule has 0 N–H and O–H groups in total. The van der Waals surface area contributed by atoms with E-state index in [0.29, 0.717) is 18.2 Å². The summed E-state index contributed by atoms with van der Waals surface area (Å²) in [6, 6.07) is 6.70. The molecule has 3 rings (SSSR count). The van der Waals surface area contributed by atoms with Gasteiger partial charge in [0.1, 0.15) is 5.75 Å². The van der Waals surface area contributed by atoms with E-state index in [2.05, 4.69) is 9.64 Å². The molecule has 25 heavy (non-hydrogen) atoms. The topological polar surface area (TPSA) is 32.8 Å². The molecule has 1 saturated carbocycles. The molecule has 1 aliphatic carbocycles. The Bertz CT molecular complexity index is 602. The number of rotatable bonds is 5. The van der Waals surface area contributed by atoms with Gasteiger partial charge in [-0.05, 0) is 37.3 Å². The minimum Gasteiger partial charge on any atom is -0.406 e. The zero-order chi connectivity index (χ0) is 17.9. The number of ether oxygens (including phenoxy) is 1. The molecule has 1 saturated heterocycles. The van der Waals surface area contributed by atoms with Crippen molar-refractivity contribution in [1.82, 2.24) is 9.80 Å². The molecule has 1 aromatic rings. The number of amides is 1. The van der Waals surface area contributed by atoms with Crippen molar-refractivity contribution < 1.29 is 22.7 Å². The monoisotopic (exact) mass is 356 g/mol. The smallest absolute Gasteiger partial charge is 0.406 e. The van der Waals surface area contributed by atoms with E-state index in [-0.39, 0.29) is 24.5 Å². The fourth-order valence-corrected chi connectivity index (χ4v) is 3.33. The number of carbonyl (C=O) groups is 1. The van der Waals surface area contributed by atoms with Gasteiger partial charge in [0.15, 0.2) is 0 Å². The summed E-state index contributed by atoms with van der Waals surface area (Å²) in [6.07, 6.45) is -0.823. The Hall–Kier alpha value is -1.76. The summed E-state index contributed by atoms with van der Waals surface area (Å²) in [5.74, 6) is -0.224. The van der Waals surface area contributed by atoms with E-state index in [0.717, 1.165) is 26.1 Å². The molecule has 0 bridgehead atoms. The number of para-hydroxylation sites is 1. The first-order valence-corrected chi connectivity index (χ1v) is 8.78. The molecule has 1 amide bonds. The number of halogens is 3. The third-order valence-corrected chi connectivity index (χ3v) is 4.75. The third kappa shape index (κ3) is 5.36. The maximum Gasteiger partial charge on any atom is 0.573 e. The lowest BCUT2D eigenvalue weighted by atomic mass is 10.1. The highest BCUT2D eigenvalue weighted by Gasteiger charge is 2.32. The Kier molecular flexibility index (Phi) is 5.51. The second-order valence-electron chi connectivity index (χ2n) is 6.66. The van der Waals surface area contributed by atoms with Gasteiger partial charge in [0, 0.05) is 38.6 Å². The van der Waals surface area contributed by atoms with Crippen LogP contribution in [0, 0.1) is 0 Å². The summed E-state index contributed by atoms with van der Waals surface area (Å²) in [5, 5.41) is 0. The van der Waals surface area contributed by atoms with Crippen LogP contribution in [0.25, 0.3) is 0 Å². The van der Waals surface area contributed by atoms with Gasteiger partial charge in [0.25, 0.3) is 0 Å². The number of benzene rings is 1. The molecule has 0 unspecified atom stereocenters. The van der Waals surface area contributed by atoms with Gasteiger partial charge in [-0.3, -0.25) is 9.69 Å². The van der Waals surface area contributed by atoms with E-state index < -0.39 is 6.36 Å². The highest BCUT2D eigenvalue weighted by Crippen LogP contribution is 2.28. The zero-order valence-electron chi connectivity index (χ0n) is 14.1. The molecular formula is C18H23F3N2O2. The molecule has 0 aromatic heterocycles. The van der Waals surface area contributed by atoms with Crippen molar-refractivity contribution in [3.8, 4) is 5.75 Å². The Morgan fingerprint density at radius 1 is 1.12 bits per heavy atom. The number of alkyl halides is 3. The van der Waals surface area contributed by atoms with E-state index in [1.807, 2.05) is 4.90 Å². The van der Waals surface area contributed by atoms with Gasteiger partial charge in [0.2, 0.25) is 5.91 Å². The van der Waals surface area contributed by atoms with Crippen LogP contribution in [-0.2, 0) is 11.2 Å². The molecule has 1 aliphatic heterocycles. The summed E-state index contributed by atoms with van der Waals surface area (Å²) in [7, 11) is 0. The molecule has 2 fully saturated rings. The van der Waals surface area contributed by atoms with Crippen LogP contribution in [0.15, 0.2) is 24.3 Å². The SMILES string of the molecule is O=C(CCc1ccccc1OC(F)(F)F)N1CCCN(C2CC2)CC1. The number of hydrogen-bond donors (Lipinski definition) is 0. The molecule has 7 heteroatoms. The van der Waals surface area contributed by atoms with Crippen molar-refractivity contribution in [3.63, 3.8) is 0 Å². The molecule has 0 radical (unpaired) electrons. The van der Waals surface area contributed by atoms with Crippen LogP contribution in [0.2, 0.25) is 0 Å². The van der Waals surface area contributed by atoms with Crippen LogP contribution in [-0.4, -0.2) is 54.3 Å².